The standard InChI is InChI=1S/C42H25NS2/c1-2-13-32(14-3-1)43-37-16-7-6-15-34(37)42-41(43)35-20-18-31(25-39(35)45-42)27-12-8-11-26(21-27)30-17-19-33-36-22-28-9-4-5-10-29(28)23-40(36)44-38(33)24-30/h1-25H. The molecule has 0 aliphatic carbocycles. The van der Waals surface area contributed by atoms with Gasteiger partial charge in [0.1, 0.15) is 0 Å². The Balaban J connectivity index is 1.09. The quantitative estimate of drug-likeness (QED) is 0.188. The first kappa shape index (κ1) is 25.1. The molecular weight excluding hydrogens is 583 g/mol. The van der Waals surface area contributed by atoms with E-state index in [9.17, 15) is 0 Å². The Morgan fingerprint density at radius 1 is 0.378 bits per heavy atom. The van der Waals surface area contributed by atoms with E-state index in [1.807, 2.05) is 22.7 Å². The lowest BCUT2D eigenvalue weighted by atomic mass is 9.98. The second-order valence-electron chi connectivity index (χ2n) is 11.8. The summed E-state index contributed by atoms with van der Waals surface area (Å²) in [6.45, 7) is 0. The fourth-order valence-corrected chi connectivity index (χ4v) is 9.45. The van der Waals surface area contributed by atoms with Crippen LogP contribution in [0.25, 0.3) is 90.1 Å². The van der Waals surface area contributed by atoms with Gasteiger partial charge in [0.25, 0.3) is 0 Å². The van der Waals surface area contributed by atoms with E-state index in [4.69, 9.17) is 0 Å². The molecule has 45 heavy (non-hydrogen) atoms. The second kappa shape index (κ2) is 9.64. The van der Waals surface area contributed by atoms with Crippen molar-refractivity contribution in [2.75, 3.05) is 0 Å². The van der Waals surface area contributed by atoms with Crippen molar-refractivity contribution in [3.8, 4) is 27.9 Å². The Labute approximate surface area is 267 Å². The van der Waals surface area contributed by atoms with Crippen LogP contribution in [0.1, 0.15) is 0 Å². The van der Waals surface area contributed by atoms with E-state index in [1.54, 1.807) is 0 Å². The number of benzene rings is 7. The lowest BCUT2D eigenvalue weighted by Crippen LogP contribution is -1.92. The Bertz CT molecular complexity index is 2760. The van der Waals surface area contributed by atoms with E-state index in [-0.39, 0.29) is 0 Å². The molecule has 10 aromatic rings. The Kier molecular flexibility index (Phi) is 5.39. The highest BCUT2D eigenvalue weighted by molar-refractivity contribution is 7.27. The summed E-state index contributed by atoms with van der Waals surface area (Å²) < 4.78 is 7.77. The minimum atomic E-state index is 1.20. The zero-order valence-electron chi connectivity index (χ0n) is 24.2. The maximum atomic E-state index is 2.43. The van der Waals surface area contributed by atoms with Crippen molar-refractivity contribution in [2.45, 2.75) is 0 Å². The van der Waals surface area contributed by atoms with Crippen LogP contribution in [-0.4, -0.2) is 4.57 Å². The molecule has 3 aromatic heterocycles. The highest BCUT2D eigenvalue weighted by Crippen LogP contribution is 2.44. The summed E-state index contributed by atoms with van der Waals surface area (Å²) in [6, 6.07) is 55.8. The highest BCUT2D eigenvalue weighted by atomic mass is 32.1. The van der Waals surface area contributed by atoms with E-state index in [0.29, 0.717) is 0 Å². The number of aromatic nitrogens is 1. The first-order valence-electron chi connectivity index (χ1n) is 15.3. The number of hydrogen-bond acceptors (Lipinski definition) is 2. The zero-order chi connectivity index (χ0) is 29.5. The lowest BCUT2D eigenvalue weighted by Gasteiger charge is -2.09. The van der Waals surface area contributed by atoms with Gasteiger partial charge >= 0.3 is 0 Å². The zero-order valence-corrected chi connectivity index (χ0v) is 25.8. The molecule has 0 amide bonds. The fourth-order valence-electron chi connectivity index (χ4n) is 7.01. The van der Waals surface area contributed by atoms with Gasteiger partial charge in [0.05, 0.1) is 15.7 Å². The molecule has 0 fully saturated rings. The molecule has 3 heterocycles. The van der Waals surface area contributed by atoms with Crippen molar-refractivity contribution in [1.82, 2.24) is 4.57 Å². The molecule has 210 valence electrons. The monoisotopic (exact) mass is 607 g/mol. The van der Waals surface area contributed by atoms with Gasteiger partial charge in [-0.2, -0.15) is 0 Å². The van der Waals surface area contributed by atoms with Gasteiger partial charge in [-0.1, -0.05) is 103 Å². The van der Waals surface area contributed by atoms with Crippen molar-refractivity contribution < 1.29 is 0 Å². The number of hydrogen-bond donors (Lipinski definition) is 0. The summed E-state index contributed by atoms with van der Waals surface area (Å²) >= 11 is 3.79. The third kappa shape index (κ3) is 3.85. The predicted octanol–water partition coefficient (Wildman–Crippen LogP) is 12.9. The normalized spacial score (nSPS) is 12.0. The molecule has 0 saturated heterocycles. The van der Waals surface area contributed by atoms with Gasteiger partial charge in [-0.05, 0) is 81.6 Å². The molecule has 10 rings (SSSR count). The molecule has 0 N–H and O–H groups in total. The van der Waals surface area contributed by atoms with Crippen molar-refractivity contribution in [1.29, 1.82) is 0 Å². The first-order valence-corrected chi connectivity index (χ1v) is 16.9. The number of rotatable bonds is 3. The topological polar surface area (TPSA) is 4.93 Å². The van der Waals surface area contributed by atoms with E-state index < -0.39 is 0 Å². The fraction of sp³-hybridized carbons (Fsp3) is 0. The lowest BCUT2D eigenvalue weighted by molar-refractivity contribution is 1.19. The third-order valence-electron chi connectivity index (χ3n) is 9.16. The first-order chi connectivity index (χ1) is 22.3. The minimum absolute atomic E-state index is 1.20. The maximum Gasteiger partial charge on any atom is 0.0727 e. The van der Waals surface area contributed by atoms with Crippen molar-refractivity contribution >= 4 is 84.8 Å². The molecule has 0 radical (unpaired) electrons. The van der Waals surface area contributed by atoms with Gasteiger partial charge in [0, 0.05) is 41.3 Å². The molecule has 0 unspecified atom stereocenters. The number of nitrogens with zero attached hydrogens (tertiary/aromatic N) is 1. The van der Waals surface area contributed by atoms with Gasteiger partial charge < -0.3 is 4.57 Å². The SMILES string of the molecule is c1ccc(-n2c3ccccc3c3sc4cc(-c5cccc(-c6ccc7c(c6)sc6cc8ccccc8cc67)c5)ccc4c32)cc1. The van der Waals surface area contributed by atoms with E-state index in [2.05, 4.69) is 156 Å². The Morgan fingerprint density at radius 3 is 1.80 bits per heavy atom. The van der Waals surface area contributed by atoms with Crippen LogP contribution >= 0.6 is 22.7 Å². The van der Waals surface area contributed by atoms with Crippen LogP contribution in [0.15, 0.2) is 152 Å². The number of para-hydroxylation sites is 2. The second-order valence-corrected chi connectivity index (χ2v) is 13.9. The maximum absolute atomic E-state index is 2.43. The third-order valence-corrected chi connectivity index (χ3v) is 11.5. The average molecular weight is 608 g/mol. The molecule has 0 aliphatic rings. The van der Waals surface area contributed by atoms with Crippen molar-refractivity contribution in [3.05, 3.63) is 152 Å². The Morgan fingerprint density at radius 2 is 1.00 bits per heavy atom. The van der Waals surface area contributed by atoms with Crippen LogP contribution in [0, 0.1) is 0 Å². The molecular formula is C42H25NS2. The minimum Gasteiger partial charge on any atom is -0.308 e. The molecule has 0 atom stereocenters. The molecule has 1 nitrogen and oxygen atoms in total. The van der Waals surface area contributed by atoms with Crippen LogP contribution in [0.4, 0.5) is 0 Å². The summed E-state index contributed by atoms with van der Waals surface area (Å²) in [5.74, 6) is 0. The van der Waals surface area contributed by atoms with E-state index >= 15 is 0 Å². The Hall–Kier alpha value is -5.22. The summed E-state index contributed by atoms with van der Waals surface area (Å²) in [5, 5.41) is 7.89. The van der Waals surface area contributed by atoms with Gasteiger partial charge in [0.15, 0.2) is 0 Å². The summed E-state index contributed by atoms with van der Waals surface area (Å²) in [4.78, 5) is 0. The summed E-state index contributed by atoms with van der Waals surface area (Å²) in [6.07, 6.45) is 0. The van der Waals surface area contributed by atoms with Crippen LogP contribution < -0.4 is 0 Å². The van der Waals surface area contributed by atoms with Crippen LogP contribution in [-0.2, 0) is 0 Å². The molecule has 0 aliphatic heterocycles. The molecule has 7 aromatic carbocycles. The average Bonchev–Trinajstić information content (AvgIpc) is 3.75. The van der Waals surface area contributed by atoms with Gasteiger partial charge in [-0.15, -0.1) is 22.7 Å². The highest BCUT2D eigenvalue weighted by Gasteiger charge is 2.18. The van der Waals surface area contributed by atoms with Crippen LogP contribution in [0.3, 0.4) is 0 Å². The number of fused-ring (bicyclic) bond motifs is 9. The molecule has 0 bridgehead atoms. The molecule has 0 saturated carbocycles. The largest absolute Gasteiger partial charge is 0.308 e. The van der Waals surface area contributed by atoms with Crippen LogP contribution in [0.2, 0.25) is 0 Å². The van der Waals surface area contributed by atoms with E-state index in [0.717, 1.165) is 0 Å². The van der Waals surface area contributed by atoms with Crippen molar-refractivity contribution in [2.24, 2.45) is 0 Å². The molecule has 3 heteroatoms. The summed E-state index contributed by atoms with van der Waals surface area (Å²) in [5.41, 5.74) is 8.75. The summed E-state index contributed by atoms with van der Waals surface area (Å²) in [7, 11) is 0. The van der Waals surface area contributed by atoms with Gasteiger partial charge in [-0.25, -0.2) is 0 Å². The molecule has 0 spiro atoms. The van der Waals surface area contributed by atoms with Crippen LogP contribution in [0.5, 0.6) is 0 Å². The number of thiophene rings is 2. The van der Waals surface area contributed by atoms with Crippen molar-refractivity contribution in [3.63, 3.8) is 0 Å². The predicted molar refractivity (Wildman–Crippen MR) is 197 cm³/mol. The van der Waals surface area contributed by atoms with E-state index in [1.165, 1.54) is 90.1 Å². The van der Waals surface area contributed by atoms with Gasteiger partial charge in [-0.3, -0.25) is 0 Å². The smallest absolute Gasteiger partial charge is 0.0727 e. The van der Waals surface area contributed by atoms with Gasteiger partial charge in [0.2, 0.25) is 0 Å².